The summed E-state index contributed by atoms with van der Waals surface area (Å²) in [6.45, 7) is 5.23. The number of carbonyl (C=O) groups excluding carboxylic acids is 3. The van der Waals surface area contributed by atoms with Crippen molar-refractivity contribution in [3.63, 3.8) is 0 Å². The van der Waals surface area contributed by atoms with Gasteiger partial charge in [0.2, 0.25) is 18.0 Å². The van der Waals surface area contributed by atoms with E-state index in [1.54, 1.807) is 20.0 Å². The van der Waals surface area contributed by atoms with Gasteiger partial charge >= 0.3 is 0 Å². The zero-order valence-electron chi connectivity index (χ0n) is 17.6. The summed E-state index contributed by atoms with van der Waals surface area (Å²) in [4.78, 5) is 44.0. The lowest BCUT2D eigenvalue weighted by Crippen LogP contribution is -2.49. The summed E-state index contributed by atoms with van der Waals surface area (Å²) >= 11 is 0. The molecule has 0 aliphatic carbocycles. The number of hydrogen-bond donors (Lipinski definition) is 2. The molecule has 0 fully saturated rings. The topological polar surface area (TPSA) is 105 Å². The number of rotatable bonds is 7. The minimum Gasteiger partial charge on any atom is -0.369 e. The van der Waals surface area contributed by atoms with Crippen molar-refractivity contribution in [1.82, 2.24) is 5.32 Å². The van der Waals surface area contributed by atoms with Crippen LogP contribution < -0.4 is 16.0 Å². The Morgan fingerprint density at radius 2 is 1.84 bits per heavy atom. The molecule has 1 unspecified atom stereocenters. The maximum atomic E-state index is 13.2. The van der Waals surface area contributed by atoms with Gasteiger partial charge in [-0.3, -0.25) is 14.4 Å². The van der Waals surface area contributed by atoms with Crippen LogP contribution in [0.5, 0.6) is 0 Å². The number of hydrogen-bond acceptors (Lipinski definition) is 4. The Labute approximate surface area is 181 Å². The summed E-state index contributed by atoms with van der Waals surface area (Å²) in [6.07, 6.45) is 0.679. The first kappa shape index (κ1) is 22.0. The molecule has 0 saturated heterocycles. The number of nitrogens with zero attached hydrogens (tertiary/aromatic N) is 2. The number of para-hydroxylation sites is 1. The SMILES string of the molecule is C=CC[C@H](C(N)=O)[C@@H](C)C(=O)NC1N=C(c2ccccc2)c2ccccc2N(C)C1=O. The lowest BCUT2D eigenvalue weighted by atomic mass is 9.89. The van der Waals surface area contributed by atoms with E-state index in [2.05, 4.69) is 16.9 Å². The average molecular weight is 418 g/mol. The van der Waals surface area contributed by atoms with Crippen LogP contribution in [-0.4, -0.2) is 36.6 Å². The van der Waals surface area contributed by atoms with Gasteiger partial charge < -0.3 is 16.0 Å². The molecule has 1 heterocycles. The lowest BCUT2D eigenvalue weighted by molar-refractivity contribution is -0.134. The van der Waals surface area contributed by atoms with Crippen LogP contribution in [0.15, 0.2) is 72.2 Å². The monoisotopic (exact) mass is 418 g/mol. The van der Waals surface area contributed by atoms with E-state index >= 15 is 0 Å². The summed E-state index contributed by atoms with van der Waals surface area (Å²) in [7, 11) is 1.65. The van der Waals surface area contributed by atoms with Crippen LogP contribution in [0.1, 0.15) is 24.5 Å². The third-order valence-corrected chi connectivity index (χ3v) is 5.47. The van der Waals surface area contributed by atoms with Gasteiger partial charge in [-0.25, -0.2) is 4.99 Å². The van der Waals surface area contributed by atoms with Crippen LogP contribution in [0.4, 0.5) is 5.69 Å². The standard InChI is InChI=1S/C24H26N4O3/c1-4-10-17(21(25)29)15(2)23(30)27-22-24(31)28(3)19-14-9-8-13-18(19)20(26-22)16-11-6-5-7-12-16/h4-9,11-15,17,22H,1,10H2,2-3H3,(H2,25,29)(H,27,30)/t15-,17+,22?/m1/s1. The number of nitrogens with one attached hydrogen (secondary N) is 1. The molecule has 3 N–H and O–H groups in total. The molecule has 0 bridgehead atoms. The van der Waals surface area contributed by atoms with Crippen molar-refractivity contribution in [1.29, 1.82) is 0 Å². The average Bonchev–Trinajstić information content (AvgIpc) is 2.88. The van der Waals surface area contributed by atoms with Gasteiger partial charge in [-0.2, -0.15) is 0 Å². The second kappa shape index (κ2) is 9.38. The Hall–Kier alpha value is -3.74. The minimum absolute atomic E-state index is 0.270. The molecule has 1 aliphatic rings. The van der Waals surface area contributed by atoms with Gasteiger partial charge in [0, 0.05) is 24.1 Å². The highest BCUT2D eigenvalue weighted by molar-refractivity contribution is 6.20. The normalized spacial score (nSPS) is 17.6. The second-order valence-electron chi connectivity index (χ2n) is 7.49. The molecular weight excluding hydrogens is 392 g/mol. The predicted molar refractivity (Wildman–Crippen MR) is 121 cm³/mol. The molecule has 0 spiro atoms. The Bertz CT molecular complexity index is 1030. The molecule has 3 rings (SSSR count). The van der Waals surface area contributed by atoms with E-state index in [-0.39, 0.29) is 12.3 Å². The summed E-state index contributed by atoms with van der Waals surface area (Å²) in [5.41, 5.74) is 8.37. The van der Waals surface area contributed by atoms with Crippen molar-refractivity contribution in [2.75, 3.05) is 11.9 Å². The molecule has 0 saturated carbocycles. The predicted octanol–water partition coefficient (Wildman–Crippen LogP) is 2.26. The summed E-state index contributed by atoms with van der Waals surface area (Å²) < 4.78 is 0. The minimum atomic E-state index is -1.14. The van der Waals surface area contributed by atoms with Crippen LogP contribution in [0.25, 0.3) is 0 Å². The largest absolute Gasteiger partial charge is 0.369 e. The Morgan fingerprint density at radius 1 is 1.19 bits per heavy atom. The van der Waals surface area contributed by atoms with E-state index in [0.717, 1.165) is 11.1 Å². The zero-order valence-corrected chi connectivity index (χ0v) is 17.6. The molecule has 31 heavy (non-hydrogen) atoms. The third-order valence-electron chi connectivity index (χ3n) is 5.47. The van der Waals surface area contributed by atoms with E-state index in [1.165, 1.54) is 4.90 Å². The zero-order chi connectivity index (χ0) is 22.5. The number of anilines is 1. The smallest absolute Gasteiger partial charge is 0.272 e. The van der Waals surface area contributed by atoms with E-state index < -0.39 is 29.8 Å². The number of benzene rings is 2. The summed E-state index contributed by atoms with van der Waals surface area (Å²) in [5, 5.41) is 2.71. The quantitative estimate of drug-likeness (QED) is 0.674. The molecule has 3 atom stereocenters. The van der Waals surface area contributed by atoms with Gasteiger partial charge in [-0.1, -0.05) is 61.5 Å². The molecule has 160 valence electrons. The number of aliphatic imine (C=N–C) groups is 1. The summed E-state index contributed by atoms with van der Waals surface area (Å²) in [5.74, 6) is -2.90. The summed E-state index contributed by atoms with van der Waals surface area (Å²) in [6, 6.07) is 16.9. The lowest BCUT2D eigenvalue weighted by Gasteiger charge is -2.24. The van der Waals surface area contributed by atoms with E-state index in [9.17, 15) is 14.4 Å². The van der Waals surface area contributed by atoms with Gasteiger partial charge in [0.1, 0.15) is 0 Å². The van der Waals surface area contributed by atoms with E-state index in [0.29, 0.717) is 11.4 Å². The molecule has 7 heteroatoms. The van der Waals surface area contributed by atoms with Crippen LogP contribution in [0.3, 0.4) is 0 Å². The van der Waals surface area contributed by atoms with Crippen molar-refractivity contribution < 1.29 is 14.4 Å². The molecule has 3 amide bonds. The van der Waals surface area contributed by atoms with E-state index in [4.69, 9.17) is 5.73 Å². The highest BCUT2D eigenvalue weighted by Gasteiger charge is 2.34. The van der Waals surface area contributed by atoms with Crippen LogP contribution >= 0.6 is 0 Å². The number of benzodiazepines with no additional fused rings is 1. The molecule has 7 nitrogen and oxygen atoms in total. The van der Waals surface area contributed by atoms with Crippen LogP contribution in [0, 0.1) is 11.8 Å². The maximum absolute atomic E-state index is 13.2. The molecule has 0 radical (unpaired) electrons. The van der Waals surface area contributed by atoms with Gasteiger partial charge in [0.05, 0.1) is 17.3 Å². The van der Waals surface area contributed by atoms with Crippen molar-refractivity contribution >= 4 is 29.1 Å². The number of primary amides is 1. The number of fused-ring (bicyclic) bond motifs is 1. The van der Waals surface area contributed by atoms with Crippen molar-refractivity contribution in [3.8, 4) is 0 Å². The van der Waals surface area contributed by atoms with Gasteiger partial charge in [-0.15, -0.1) is 6.58 Å². The number of allylic oxidation sites excluding steroid dienone is 1. The van der Waals surface area contributed by atoms with Crippen molar-refractivity contribution in [2.24, 2.45) is 22.6 Å². The number of likely N-dealkylation sites (N-methyl/N-ethyl adjacent to an activating group) is 1. The van der Waals surface area contributed by atoms with E-state index in [1.807, 2.05) is 54.6 Å². The Morgan fingerprint density at radius 3 is 2.48 bits per heavy atom. The third kappa shape index (κ3) is 4.55. The number of amides is 3. The first-order valence-electron chi connectivity index (χ1n) is 10.1. The van der Waals surface area contributed by atoms with Gasteiger partial charge in [-0.05, 0) is 12.5 Å². The first-order valence-corrected chi connectivity index (χ1v) is 10.1. The second-order valence-corrected chi connectivity index (χ2v) is 7.49. The highest BCUT2D eigenvalue weighted by Crippen LogP contribution is 2.27. The molecular formula is C24H26N4O3. The maximum Gasteiger partial charge on any atom is 0.272 e. The molecule has 2 aromatic carbocycles. The first-order chi connectivity index (χ1) is 14.8. The fourth-order valence-electron chi connectivity index (χ4n) is 3.64. The van der Waals surface area contributed by atoms with Gasteiger partial charge in [0.25, 0.3) is 5.91 Å². The molecule has 2 aromatic rings. The van der Waals surface area contributed by atoms with Crippen LogP contribution in [-0.2, 0) is 14.4 Å². The fourth-order valence-corrected chi connectivity index (χ4v) is 3.64. The van der Waals surface area contributed by atoms with Crippen LogP contribution in [0.2, 0.25) is 0 Å². The Kier molecular flexibility index (Phi) is 6.65. The fraction of sp³-hybridized carbons (Fsp3) is 0.250. The van der Waals surface area contributed by atoms with Crippen molar-refractivity contribution in [2.45, 2.75) is 19.5 Å². The molecule has 0 aromatic heterocycles. The van der Waals surface area contributed by atoms with Gasteiger partial charge in [0.15, 0.2) is 0 Å². The number of carbonyl (C=O) groups is 3. The number of nitrogens with two attached hydrogens (primary N) is 1. The van der Waals surface area contributed by atoms with Crippen molar-refractivity contribution in [3.05, 3.63) is 78.4 Å². The molecule has 1 aliphatic heterocycles. The highest BCUT2D eigenvalue weighted by atomic mass is 16.2. The Balaban J connectivity index is 2.00.